The second-order valence-electron chi connectivity index (χ2n) is 7.88. The van der Waals surface area contributed by atoms with Crippen molar-refractivity contribution in [1.29, 1.82) is 5.26 Å². The van der Waals surface area contributed by atoms with E-state index in [1.807, 2.05) is 44.2 Å². The molecule has 1 aliphatic heterocycles. The third kappa shape index (κ3) is 4.75. The van der Waals surface area contributed by atoms with Gasteiger partial charge in [-0.05, 0) is 49.7 Å². The number of nitrogens with zero attached hydrogens (tertiary/aromatic N) is 3. The maximum absolute atomic E-state index is 12.9. The van der Waals surface area contributed by atoms with Gasteiger partial charge in [0.05, 0.1) is 46.3 Å². The van der Waals surface area contributed by atoms with Crippen LogP contribution in [0.3, 0.4) is 0 Å². The van der Waals surface area contributed by atoms with Gasteiger partial charge in [-0.3, -0.25) is 4.79 Å². The van der Waals surface area contributed by atoms with E-state index in [2.05, 4.69) is 21.3 Å². The van der Waals surface area contributed by atoms with E-state index in [4.69, 9.17) is 21.6 Å². The second kappa shape index (κ2) is 9.39. The molecule has 1 aromatic heterocycles. The molecule has 3 aromatic rings. The predicted molar refractivity (Wildman–Crippen MR) is 126 cm³/mol. The standard InChI is InChI=1S/C25H23ClN4O2/c1-16-14-30(15-17(2)32-16)23-11-10-20(13-28-23)29-25(31)22-5-3-4-21(24(22)26)19-8-6-18(12-27)7-9-19/h3-11,13,16-17H,14-15H2,1-2H3,(H,29,31)/t16-,17+. The van der Waals surface area contributed by atoms with Gasteiger partial charge in [-0.1, -0.05) is 35.9 Å². The number of anilines is 2. The maximum atomic E-state index is 12.9. The highest BCUT2D eigenvalue weighted by Gasteiger charge is 2.23. The molecule has 0 spiro atoms. The number of carbonyl (C=O) groups excluding carboxylic acids is 1. The van der Waals surface area contributed by atoms with Crippen molar-refractivity contribution in [1.82, 2.24) is 4.98 Å². The van der Waals surface area contributed by atoms with E-state index < -0.39 is 0 Å². The van der Waals surface area contributed by atoms with Crippen LogP contribution in [0.4, 0.5) is 11.5 Å². The summed E-state index contributed by atoms with van der Waals surface area (Å²) in [4.78, 5) is 19.6. The highest BCUT2D eigenvalue weighted by molar-refractivity contribution is 6.37. The van der Waals surface area contributed by atoms with E-state index in [1.54, 1.807) is 30.5 Å². The number of nitriles is 1. The summed E-state index contributed by atoms with van der Waals surface area (Å²) in [6.45, 7) is 5.65. The summed E-state index contributed by atoms with van der Waals surface area (Å²) in [7, 11) is 0. The molecule has 162 valence electrons. The Bertz CT molecular complexity index is 1150. The number of rotatable bonds is 4. The molecular weight excluding hydrogens is 424 g/mol. The zero-order valence-electron chi connectivity index (χ0n) is 17.9. The monoisotopic (exact) mass is 446 g/mol. The molecule has 1 aliphatic rings. The van der Waals surface area contributed by atoms with Crippen LogP contribution in [0.2, 0.25) is 5.02 Å². The van der Waals surface area contributed by atoms with Crippen LogP contribution >= 0.6 is 11.6 Å². The van der Waals surface area contributed by atoms with E-state index in [0.29, 0.717) is 21.8 Å². The zero-order chi connectivity index (χ0) is 22.7. The number of hydrogen-bond acceptors (Lipinski definition) is 5. The van der Waals surface area contributed by atoms with Crippen LogP contribution in [0.15, 0.2) is 60.8 Å². The maximum Gasteiger partial charge on any atom is 0.257 e. The summed E-state index contributed by atoms with van der Waals surface area (Å²) in [5.41, 5.74) is 3.09. The molecule has 6 nitrogen and oxygen atoms in total. The van der Waals surface area contributed by atoms with Crippen molar-refractivity contribution in [2.45, 2.75) is 26.1 Å². The third-order valence-corrected chi connectivity index (χ3v) is 5.72. The number of hydrogen-bond donors (Lipinski definition) is 1. The number of aromatic nitrogens is 1. The first-order valence-electron chi connectivity index (χ1n) is 10.4. The average Bonchev–Trinajstić information content (AvgIpc) is 2.79. The van der Waals surface area contributed by atoms with E-state index in [0.717, 1.165) is 30.0 Å². The van der Waals surface area contributed by atoms with E-state index in [9.17, 15) is 4.79 Å². The predicted octanol–water partition coefficient (Wildman–Crippen LogP) is 5.14. The Balaban J connectivity index is 1.50. The number of benzene rings is 2. The lowest BCUT2D eigenvalue weighted by Gasteiger charge is -2.36. The van der Waals surface area contributed by atoms with Crippen molar-refractivity contribution in [2.75, 3.05) is 23.3 Å². The molecule has 32 heavy (non-hydrogen) atoms. The fraction of sp³-hybridized carbons (Fsp3) is 0.240. The molecule has 2 atom stereocenters. The van der Waals surface area contributed by atoms with Gasteiger partial charge in [0.15, 0.2) is 0 Å². The molecule has 1 saturated heterocycles. The first-order chi connectivity index (χ1) is 15.4. The largest absolute Gasteiger partial charge is 0.372 e. The van der Waals surface area contributed by atoms with Crippen molar-refractivity contribution in [3.8, 4) is 17.2 Å². The Morgan fingerprint density at radius 1 is 1.12 bits per heavy atom. The summed E-state index contributed by atoms with van der Waals surface area (Å²) in [6.07, 6.45) is 1.94. The molecule has 0 aliphatic carbocycles. The Morgan fingerprint density at radius 2 is 1.84 bits per heavy atom. The zero-order valence-corrected chi connectivity index (χ0v) is 18.6. The van der Waals surface area contributed by atoms with Crippen molar-refractivity contribution in [3.05, 3.63) is 76.9 Å². The van der Waals surface area contributed by atoms with Crippen LogP contribution in [0.25, 0.3) is 11.1 Å². The van der Waals surface area contributed by atoms with Crippen LogP contribution < -0.4 is 10.2 Å². The van der Waals surface area contributed by atoms with Crippen molar-refractivity contribution in [3.63, 3.8) is 0 Å². The fourth-order valence-corrected chi connectivity index (χ4v) is 4.19. The van der Waals surface area contributed by atoms with Gasteiger partial charge in [0.1, 0.15) is 5.82 Å². The third-order valence-electron chi connectivity index (χ3n) is 5.32. The van der Waals surface area contributed by atoms with Gasteiger partial charge >= 0.3 is 0 Å². The molecule has 0 radical (unpaired) electrons. The Kier molecular flexibility index (Phi) is 6.40. The highest BCUT2D eigenvalue weighted by atomic mass is 35.5. The Hall–Kier alpha value is -3.40. The topological polar surface area (TPSA) is 78.3 Å². The summed E-state index contributed by atoms with van der Waals surface area (Å²) in [6, 6.07) is 18.2. The number of morpholine rings is 1. The lowest BCUT2D eigenvalue weighted by atomic mass is 10.0. The number of nitrogens with one attached hydrogen (secondary N) is 1. The summed E-state index contributed by atoms with van der Waals surface area (Å²) in [5.74, 6) is 0.541. The minimum atomic E-state index is -0.311. The minimum Gasteiger partial charge on any atom is -0.372 e. The lowest BCUT2D eigenvalue weighted by Crippen LogP contribution is -2.45. The number of carbonyl (C=O) groups is 1. The van der Waals surface area contributed by atoms with Gasteiger partial charge in [-0.2, -0.15) is 5.26 Å². The molecule has 0 saturated carbocycles. The average molecular weight is 447 g/mol. The van der Waals surface area contributed by atoms with E-state index >= 15 is 0 Å². The Labute approximate surface area is 192 Å². The summed E-state index contributed by atoms with van der Waals surface area (Å²) in [5, 5.41) is 12.2. The number of amides is 1. The van der Waals surface area contributed by atoms with Gasteiger partial charge in [-0.15, -0.1) is 0 Å². The SMILES string of the molecule is C[C@@H]1CN(c2ccc(NC(=O)c3cccc(-c4ccc(C#N)cc4)c3Cl)cn2)C[C@H](C)O1. The van der Waals surface area contributed by atoms with Crippen LogP contribution in [0.1, 0.15) is 29.8 Å². The molecular formula is C25H23ClN4O2. The number of halogens is 1. The number of pyridine rings is 1. The van der Waals surface area contributed by atoms with Crippen LogP contribution in [0.5, 0.6) is 0 Å². The molecule has 4 rings (SSSR count). The molecule has 2 aromatic carbocycles. The smallest absolute Gasteiger partial charge is 0.257 e. The summed E-state index contributed by atoms with van der Waals surface area (Å²) < 4.78 is 5.77. The fourth-order valence-electron chi connectivity index (χ4n) is 3.87. The van der Waals surface area contributed by atoms with Gasteiger partial charge in [-0.25, -0.2) is 4.98 Å². The van der Waals surface area contributed by atoms with E-state index in [-0.39, 0.29) is 18.1 Å². The Morgan fingerprint density at radius 3 is 2.47 bits per heavy atom. The highest BCUT2D eigenvalue weighted by Crippen LogP contribution is 2.31. The quantitative estimate of drug-likeness (QED) is 0.600. The molecule has 0 bridgehead atoms. The first kappa shape index (κ1) is 21.8. The summed E-state index contributed by atoms with van der Waals surface area (Å²) >= 11 is 6.57. The normalized spacial score (nSPS) is 18.1. The lowest BCUT2D eigenvalue weighted by molar-refractivity contribution is -0.00545. The van der Waals surface area contributed by atoms with Crippen molar-refractivity contribution >= 4 is 29.0 Å². The molecule has 1 N–H and O–H groups in total. The van der Waals surface area contributed by atoms with Crippen molar-refractivity contribution < 1.29 is 9.53 Å². The first-order valence-corrected chi connectivity index (χ1v) is 10.8. The van der Waals surface area contributed by atoms with Crippen LogP contribution in [0, 0.1) is 11.3 Å². The molecule has 2 heterocycles. The van der Waals surface area contributed by atoms with Crippen molar-refractivity contribution in [2.24, 2.45) is 0 Å². The van der Waals surface area contributed by atoms with E-state index in [1.165, 1.54) is 0 Å². The second-order valence-corrected chi connectivity index (χ2v) is 8.26. The van der Waals surface area contributed by atoms with Gasteiger partial charge in [0.25, 0.3) is 5.91 Å². The number of ether oxygens (including phenoxy) is 1. The molecule has 1 fully saturated rings. The molecule has 0 unspecified atom stereocenters. The van der Waals surface area contributed by atoms with Crippen LogP contribution in [-0.4, -0.2) is 36.2 Å². The molecule has 7 heteroatoms. The van der Waals surface area contributed by atoms with Gasteiger partial charge in [0.2, 0.25) is 0 Å². The minimum absolute atomic E-state index is 0.144. The van der Waals surface area contributed by atoms with Gasteiger partial charge in [0, 0.05) is 18.7 Å². The molecule has 1 amide bonds. The van der Waals surface area contributed by atoms with Crippen LogP contribution in [-0.2, 0) is 4.74 Å². The van der Waals surface area contributed by atoms with Gasteiger partial charge < -0.3 is 15.0 Å².